The van der Waals surface area contributed by atoms with E-state index in [1.165, 1.54) is 0 Å². The maximum absolute atomic E-state index is 12.6. The topological polar surface area (TPSA) is 83.5 Å². The second-order valence-corrected chi connectivity index (χ2v) is 7.35. The molecule has 1 aliphatic carbocycles. The van der Waals surface area contributed by atoms with E-state index >= 15 is 0 Å². The largest absolute Gasteiger partial charge is 0.480 e. The van der Waals surface area contributed by atoms with Crippen LogP contribution in [-0.2, 0) is 14.8 Å². The van der Waals surface area contributed by atoms with E-state index in [-0.39, 0.29) is 12.3 Å². The Morgan fingerprint density at radius 2 is 1.95 bits per heavy atom. The van der Waals surface area contributed by atoms with E-state index in [2.05, 4.69) is 4.72 Å². The average Bonchev–Trinajstić information content (AvgIpc) is 2.11. The van der Waals surface area contributed by atoms with Gasteiger partial charge in [-0.2, -0.15) is 0 Å². The van der Waals surface area contributed by atoms with Gasteiger partial charge in [-0.1, -0.05) is 13.8 Å². The molecular weight excluding hydrogens is 280 g/mol. The van der Waals surface area contributed by atoms with Crippen LogP contribution in [0.5, 0.6) is 0 Å². The Kier molecular flexibility index (Phi) is 4.89. The smallest absolute Gasteiger partial charge is 0.321 e. The molecule has 0 radical (unpaired) electrons. The van der Waals surface area contributed by atoms with Crippen LogP contribution in [0, 0.1) is 11.8 Å². The predicted molar refractivity (Wildman–Crippen MR) is 65.5 cm³/mol. The monoisotopic (exact) mass is 299 g/mol. The third-order valence-electron chi connectivity index (χ3n) is 2.96. The van der Waals surface area contributed by atoms with E-state index < -0.39 is 52.5 Å². The first-order chi connectivity index (χ1) is 8.51. The number of carbonyl (C=O) groups is 1. The van der Waals surface area contributed by atoms with Crippen molar-refractivity contribution in [1.29, 1.82) is 0 Å². The summed E-state index contributed by atoms with van der Waals surface area (Å²) in [6, 6.07) is -1.20. The molecule has 2 N–H and O–H groups in total. The van der Waals surface area contributed by atoms with Gasteiger partial charge in [0.25, 0.3) is 0 Å². The Hall–Kier alpha value is -0.760. The maximum Gasteiger partial charge on any atom is 0.321 e. The summed E-state index contributed by atoms with van der Waals surface area (Å²) < 4.78 is 50.8. The number of halogens is 2. The van der Waals surface area contributed by atoms with Crippen LogP contribution in [0.3, 0.4) is 0 Å². The zero-order valence-corrected chi connectivity index (χ0v) is 11.7. The van der Waals surface area contributed by atoms with Gasteiger partial charge in [0, 0.05) is 12.8 Å². The molecule has 5 nitrogen and oxygen atoms in total. The van der Waals surface area contributed by atoms with E-state index in [1.54, 1.807) is 13.8 Å². The first kappa shape index (κ1) is 16.3. The highest BCUT2D eigenvalue weighted by molar-refractivity contribution is 7.89. The van der Waals surface area contributed by atoms with E-state index in [0.717, 1.165) is 0 Å². The number of hydrogen-bond donors (Lipinski definition) is 2. The van der Waals surface area contributed by atoms with E-state index in [1.807, 2.05) is 0 Å². The van der Waals surface area contributed by atoms with Gasteiger partial charge in [0.05, 0.1) is 5.75 Å². The van der Waals surface area contributed by atoms with Crippen molar-refractivity contribution in [3.8, 4) is 0 Å². The molecule has 1 rings (SSSR count). The highest BCUT2D eigenvalue weighted by atomic mass is 32.2. The van der Waals surface area contributed by atoms with Gasteiger partial charge in [-0.3, -0.25) is 4.79 Å². The van der Waals surface area contributed by atoms with Crippen molar-refractivity contribution in [2.45, 2.75) is 45.1 Å². The fraction of sp³-hybridized carbons (Fsp3) is 0.909. The van der Waals surface area contributed by atoms with Crippen LogP contribution in [0.15, 0.2) is 0 Å². The van der Waals surface area contributed by atoms with Gasteiger partial charge in [-0.05, 0) is 18.3 Å². The lowest BCUT2D eigenvalue weighted by molar-refractivity contribution is -0.139. The molecule has 1 fully saturated rings. The van der Waals surface area contributed by atoms with Crippen molar-refractivity contribution in [2.75, 3.05) is 5.75 Å². The summed E-state index contributed by atoms with van der Waals surface area (Å²) >= 11 is 0. The van der Waals surface area contributed by atoms with Gasteiger partial charge in [0.15, 0.2) is 0 Å². The van der Waals surface area contributed by atoms with E-state index in [0.29, 0.717) is 0 Å². The van der Waals surface area contributed by atoms with Gasteiger partial charge < -0.3 is 5.11 Å². The molecule has 0 amide bonds. The van der Waals surface area contributed by atoms with Gasteiger partial charge in [0.1, 0.15) is 6.04 Å². The van der Waals surface area contributed by atoms with E-state index in [4.69, 9.17) is 5.11 Å². The lowest BCUT2D eigenvalue weighted by Crippen LogP contribution is -2.46. The molecule has 19 heavy (non-hydrogen) atoms. The normalized spacial score (nSPS) is 21.1. The fourth-order valence-electron chi connectivity index (χ4n) is 2.15. The Bertz CT molecular complexity index is 428. The quantitative estimate of drug-likeness (QED) is 0.745. The number of hydrogen-bond acceptors (Lipinski definition) is 3. The third-order valence-corrected chi connectivity index (χ3v) is 4.51. The van der Waals surface area contributed by atoms with Gasteiger partial charge in [-0.25, -0.2) is 21.9 Å². The zero-order valence-electron chi connectivity index (χ0n) is 10.9. The van der Waals surface area contributed by atoms with Crippen molar-refractivity contribution in [3.05, 3.63) is 0 Å². The number of alkyl halides is 2. The van der Waals surface area contributed by atoms with Crippen molar-refractivity contribution < 1.29 is 27.1 Å². The molecule has 1 saturated carbocycles. The summed E-state index contributed by atoms with van der Waals surface area (Å²) in [6.07, 6.45) is -0.735. The minimum atomic E-state index is -3.85. The first-order valence-electron chi connectivity index (χ1n) is 6.11. The molecule has 0 aliphatic heterocycles. The summed E-state index contributed by atoms with van der Waals surface area (Å²) in [4.78, 5) is 10.9. The summed E-state index contributed by atoms with van der Waals surface area (Å²) in [5.74, 6) is -5.05. The molecular formula is C11H19F2NO4S. The highest BCUT2D eigenvalue weighted by Gasteiger charge is 2.47. The van der Waals surface area contributed by atoms with Crippen LogP contribution in [0.2, 0.25) is 0 Å². The molecule has 8 heteroatoms. The highest BCUT2D eigenvalue weighted by Crippen LogP contribution is 2.42. The van der Waals surface area contributed by atoms with Crippen LogP contribution in [0.1, 0.15) is 33.1 Å². The second kappa shape index (κ2) is 5.70. The van der Waals surface area contributed by atoms with Crippen LogP contribution < -0.4 is 4.72 Å². The van der Waals surface area contributed by atoms with Crippen molar-refractivity contribution in [2.24, 2.45) is 11.8 Å². The summed E-state index contributed by atoms with van der Waals surface area (Å²) in [6.45, 7) is 3.55. The first-order valence-corrected chi connectivity index (χ1v) is 7.76. The second-order valence-electron chi connectivity index (χ2n) is 5.55. The van der Waals surface area contributed by atoms with Gasteiger partial charge in [-0.15, -0.1) is 0 Å². The van der Waals surface area contributed by atoms with Gasteiger partial charge in [0.2, 0.25) is 15.9 Å². The molecule has 0 saturated heterocycles. The van der Waals surface area contributed by atoms with Crippen LogP contribution >= 0.6 is 0 Å². The minimum Gasteiger partial charge on any atom is -0.480 e. The number of carboxylic acid groups (broad SMARTS) is 1. The van der Waals surface area contributed by atoms with Crippen LogP contribution in [0.4, 0.5) is 8.78 Å². The average molecular weight is 299 g/mol. The number of aliphatic carboxylic acids is 1. The number of carboxylic acids is 1. The molecule has 0 aromatic heterocycles. The van der Waals surface area contributed by atoms with Crippen LogP contribution in [0.25, 0.3) is 0 Å². The van der Waals surface area contributed by atoms with E-state index in [9.17, 15) is 22.0 Å². The van der Waals surface area contributed by atoms with Crippen molar-refractivity contribution in [3.63, 3.8) is 0 Å². The fourth-order valence-corrected chi connectivity index (χ4v) is 3.73. The predicted octanol–water partition coefficient (Wildman–Crippen LogP) is 1.45. The summed E-state index contributed by atoms with van der Waals surface area (Å²) in [7, 11) is -3.85. The third kappa shape index (κ3) is 5.40. The standard InChI is InChI=1S/C11H19F2NO4S/c1-7(2)3-9(10(15)16)14-19(17,18)6-8-4-11(12,13)5-8/h7-9,14H,3-6H2,1-2H3,(H,15,16)/t9-/m1/s1. The Morgan fingerprint density at radius 3 is 2.32 bits per heavy atom. The Balaban J connectivity index is 2.55. The molecule has 1 aliphatic rings. The molecule has 0 heterocycles. The maximum atomic E-state index is 12.6. The molecule has 0 bridgehead atoms. The van der Waals surface area contributed by atoms with Crippen molar-refractivity contribution >= 4 is 16.0 Å². The summed E-state index contributed by atoms with van der Waals surface area (Å²) in [5, 5.41) is 8.93. The molecule has 0 unspecified atom stereocenters. The van der Waals surface area contributed by atoms with Crippen molar-refractivity contribution in [1.82, 2.24) is 4.72 Å². The molecule has 0 aromatic carbocycles. The number of sulfonamides is 1. The molecule has 0 aromatic rings. The Labute approximate surface area is 111 Å². The lowest BCUT2D eigenvalue weighted by Gasteiger charge is -2.34. The van der Waals surface area contributed by atoms with Gasteiger partial charge >= 0.3 is 5.97 Å². The Morgan fingerprint density at radius 1 is 1.42 bits per heavy atom. The summed E-state index contributed by atoms with van der Waals surface area (Å²) in [5.41, 5.74) is 0. The lowest BCUT2D eigenvalue weighted by atomic mass is 9.83. The van der Waals surface area contributed by atoms with Crippen LogP contribution in [-0.4, -0.2) is 37.2 Å². The minimum absolute atomic E-state index is 0.0110. The molecule has 1 atom stereocenters. The SMILES string of the molecule is CC(C)C[C@@H](NS(=O)(=O)CC1CC(F)(F)C1)C(=O)O. The number of nitrogens with one attached hydrogen (secondary N) is 1. The zero-order chi connectivity index (χ0) is 14.8. The molecule has 0 spiro atoms. The molecule has 112 valence electrons. The number of rotatable bonds is 7.